The lowest BCUT2D eigenvalue weighted by Gasteiger charge is -2.36. The van der Waals surface area contributed by atoms with Crippen LogP contribution in [0.25, 0.3) is 0 Å². The molecule has 2 aliphatic heterocycles. The van der Waals surface area contributed by atoms with E-state index in [0.29, 0.717) is 25.7 Å². The van der Waals surface area contributed by atoms with Gasteiger partial charge in [-0.1, -0.05) is 30.3 Å². The maximum absolute atomic E-state index is 13.4. The minimum atomic E-state index is -0.413. The molecule has 2 aliphatic rings. The number of aromatic nitrogens is 1. The minimum absolute atomic E-state index is 0.127. The summed E-state index contributed by atoms with van der Waals surface area (Å²) < 4.78 is 5.62. The monoisotopic (exact) mass is 421 g/mol. The number of carbonyl (C=O) groups excluding carboxylic acids is 1. The Morgan fingerprint density at radius 1 is 1.23 bits per heavy atom. The molecule has 31 heavy (non-hydrogen) atoms. The lowest BCUT2D eigenvalue weighted by Crippen LogP contribution is -2.46. The molecule has 1 N–H and O–H groups in total. The summed E-state index contributed by atoms with van der Waals surface area (Å²) >= 11 is 0. The van der Waals surface area contributed by atoms with Gasteiger partial charge in [0, 0.05) is 25.5 Å². The molecule has 5 heteroatoms. The minimum Gasteiger partial charge on any atom is -0.381 e. The Morgan fingerprint density at radius 3 is 2.81 bits per heavy atom. The average molecular weight is 422 g/mol. The molecule has 0 spiro atoms. The second-order valence-corrected chi connectivity index (χ2v) is 9.37. The molecule has 1 aromatic heterocycles. The van der Waals surface area contributed by atoms with Crippen molar-refractivity contribution in [2.45, 2.75) is 51.5 Å². The number of aryl methyl sites for hydroxylation is 1. The van der Waals surface area contributed by atoms with Crippen molar-refractivity contribution in [2.75, 3.05) is 33.4 Å². The number of amides is 1. The number of piperidine rings is 1. The smallest absolute Gasteiger partial charge is 0.227 e. The van der Waals surface area contributed by atoms with Gasteiger partial charge >= 0.3 is 0 Å². The zero-order valence-electron chi connectivity index (χ0n) is 18.9. The maximum atomic E-state index is 13.4. The maximum Gasteiger partial charge on any atom is 0.227 e. The Bertz CT molecular complexity index is 892. The zero-order valence-corrected chi connectivity index (χ0v) is 18.9. The van der Waals surface area contributed by atoms with Crippen LogP contribution >= 0.6 is 0 Å². The SMILES string of the molecule is Cc1cccc(CNC(=O)C2(Cc3cccc([C@@H]4CCCN(C)C4)c3)CCOCC2)n1. The van der Waals surface area contributed by atoms with Gasteiger partial charge in [0.05, 0.1) is 17.7 Å². The third-order valence-electron chi connectivity index (χ3n) is 6.90. The van der Waals surface area contributed by atoms with Gasteiger partial charge in [0.25, 0.3) is 0 Å². The predicted octanol–water partition coefficient (Wildman–Crippen LogP) is 3.85. The van der Waals surface area contributed by atoms with Crippen molar-refractivity contribution >= 4 is 5.91 Å². The molecule has 0 aliphatic carbocycles. The Kier molecular flexibility index (Phi) is 7.03. The van der Waals surface area contributed by atoms with Gasteiger partial charge in [0.15, 0.2) is 0 Å². The second kappa shape index (κ2) is 9.92. The van der Waals surface area contributed by atoms with E-state index in [9.17, 15) is 4.79 Å². The first kappa shape index (κ1) is 22.0. The number of nitrogens with zero attached hydrogens (tertiary/aromatic N) is 2. The van der Waals surface area contributed by atoms with Gasteiger partial charge in [-0.3, -0.25) is 9.78 Å². The Hall–Kier alpha value is -2.24. The summed E-state index contributed by atoms with van der Waals surface area (Å²) in [7, 11) is 2.21. The third kappa shape index (κ3) is 5.52. The van der Waals surface area contributed by atoms with Crippen LogP contribution in [0.2, 0.25) is 0 Å². The fourth-order valence-corrected chi connectivity index (χ4v) is 5.09. The molecule has 0 radical (unpaired) electrons. The predicted molar refractivity (Wildman–Crippen MR) is 123 cm³/mol. The molecule has 0 bridgehead atoms. The number of hydrogen-bond acceptors (Lipinski definition) is 4. The Morgan fingerprint density at radius 2 is 2.03 bits per heavy atom. The number of ether oxygens (including phenoxy) is 1. The highest BCUT2D eigenvalue weighted by Gasteiger charge is 2.40. The van der Waals surface area contributed by atoms with E-state index in [1.807, 2.05) is 25.1 Å². The molecule has 0 unspecified atom stereocenters. The number of pyridine rings is 1. The highest BCUT2D eigenvalue weighted by Crippen LogP contribution is 2.36. The van der Waals surface area contributed by atoms with E-state index in [1.54, 1.807) is 0 Å². The molecule has 166 valence electrons. The summed E-state index contributed by atoms with van der Waals surface area (Å²) in [4.78, 5) is 20.4. The van der Waals surface area contributed by atoms with Gasteiger partial charge in [-0.25, -0.2) is 0 Å². The first-order valence-electron chi connectivity index (χ1n) is 11.6. The van der Waals surface area contributed by atoms with Crippen LogP contribution < -0.4 is 5.32 Å². The summed E-state index contributed by atoms with van der Waals surface area (Å²) in [5.74, 6) is 0.715. The summed E-state index contributed by atoms with van der Waals surface area (Å²) in [6.07, 6.45) is 4.78. The van der Waals surface area contributed by atoms with Crippen LogP contribution in [0.15, 0.2) is 42.5 Å². The molecule has 4 rings (SSSR count). The highest BCUT2D eigenvalue weighted by atomic mass is 16.5. The van der Waals surface area contributed by atoms with Crippen LogP contribution in [0.1, 0.15) is 54.1 Å². The fourth-order valence-electron chi connectivity index (χ4n) is 5.09. The van der Waals surface area contributed by atoms with E-state index >= 15 is 0 Å². The summed E-state index contributed by atoms with van der Waals surface area (Å²) in [6, 6.07) is 14.9. The van der Waals surface area contributed by atoms with Gasteiger partial charge < -0.3 is 15.0 Å². The van der Waals surface area contributed by atoms with Crippen molar-refractivity contribution in [3.05, 3.63) is 65.0 Å². The summed E-state index contributed by atoms with van der Waals surface area (Å²) in [5.41, 5.74) is 4.13. The normalized spacial score (nSPS) is 21.5. The van der Waals surface area contributed by atoms with Gasteiger partial charge in [-0.05, 0) is 81.8 Å². The molecule has 0 saturated carbocycles. The standard InChI is InChI=1S/C26H35N3O2/c1-20-6-3-10-24(28-20)18-27-25(30)26(11-14-31-15-12-26)17-21-7-4-8-22(16-21)23-9-5-13-29(2)19-23/h3-4,6-8,10,16,23H,5,9,11-15,17-19H2,1-2H3,(H,27,30)/t23-/m1/s1. The summed E-state index contributed by atoms with van der Waals surface area (Å²) in [5, 5.41) is 3.18. The number of likely N-dealkylation sites (N-methyl/N-ethyl adjacent to an activating group) is 1. The van der Waals surface area contributed by atoms with Crippen LogP contribution in [0.3, 0.4) is 0 Å². The van der Waals surface area contributed by atoms with E-state index in [2.05, 4.69) is 46.5 Å². The number of rotatable bonds is 6. The molecule has 2 fully saturated rings. The number of carbonyl (C=O) groups is 1. The van der Waals surface area contributed by atoms with Crippen LogP contribution in [0.5, 0.6) is 0 Å². The molecule has 1 atom stereocenters. The van der Waals surface area contributed by atoms with E-state index < -0.39 is 5.41 Å². The van der Waals surface area contributed by atoms with Crippen molar-refractivity contribution in [3.8, 4) is 0 Å². The van der Waals surface area contributed by atoms with E-state index in [4.69, 9.17) is 4.74 Å². The Labute approximate surface area is 186 Å². The van der Waals surface area contributed by atoms with Crippen LogP contribution in [-0.2, 0) is 22.5 Å². The summed E-state index contributed by atoms with van der Waals surface area (Å²) in [6.45, 7) is 6.04. The van der Waals surface area contributed by atoms with Crippen LogP contribution in [0.4, 0.5) is 0 Å². The zero-order chi connectivity index (χ0) is 21.7. The van der Waals surface area contributed by atoms with E-state index in [1.165, 1.54) is 30.5 Å². The van der Waals surface area contributed by atoms with E-state index in [-0.39, 0.29) is 5.91 Å². The molecule has 3 heterocycles. The van der Waals surface area contributed by atoms with Gasteiger partial charge in [0.2, 0.25) is 5.91 Å². The molecule has 1 aromatic carbocycles. The molecule has 1 amide bonds. The van der Waals surface area contributed by atoms with Crippen molar-refractivity contribution in [1.82, 2.24) is 15.2 Å². The van der Waals surface area contributed by atoms with E-state index in [0.717, 1.165) is 37.2 Å². The largest absolute Gasteiger partial charge is 0.381 e. The topological polar surface area (TPSA) is 54.5 Å². The van der Waals surface area contributed by atoms with Crippen molar-refractivity contribution in [1.29, 1.82) is 0 Å². The number of hydrogen-bond donors (Lipinski definition) is 1. The Balaban J connectivity index is 1.48. The molecule has 2 aromatic rings. The fraction of sp³-hybridized carbons (Fsp3) is 0.538. The number of benzene rings is 1. The number of nitrogens with one attached hydrogen (secondary N) is 1. The van der Waals surface area contributed by atoms with Crippen molar-refractivity contribution in [2.24, 2.45) is 5.41 Å². The van der Waals surface area contributed by atoms with Gasteiger partial charge in [-0.2, -0.15) is 0 Å². The molecule has 2 saturated heterocycles. The molecular formula is C26H35N3O2. The first-order chi connectivity index (χ1) is 15.0. The third-order valence-corrected chi connectivity index (χ3v) is 6.90. The highest BCUT2D eigenvalue weighted by molar-refractivity contribution is 5.83. The van der Waals surface area contributed by atoms with Gasteiger partial charge in [-0.15, -0.1) is 0 Å². The second-order valence-electron chi connectivity index (χ2n) is 9.37. The average Bonchev–Trinajstić information content (AvgIpc) is 2.78. The quantitative estimate of drug-likeness (QED) is 0.770. The van der Waals surface area contributed by atoms with Crippen LogP contribution in [-0.4, -0.2) is 49.1 Å². The lowest BCUT2D eigenvalue weighted by atomic mass is 9.74. The van der Waals surface area contributed by atoms with Crippen molar-refractivity contribution < 1.29 is 9.53 Å². The molecular weight excluding hydrogens is 386 g/mol. The first-order valence-corrected chi connectivity index (χ1v) is 11.6. The number of likely N-dealkylation sites (tertiary alicyclic amines) is 1. The molecule has 5 nitrogen and oxygen atoms in total. The van der Waals surface area contributed by atoms with Crippen LogP contribution in [0, 0.1) is 12.3 Å². The lowest BCUT2D eigenvalue weighted by molar-refractivity contribution is -0.136. The van der Waals surface area contributed by atoms with Gasteiger partial charge in [0.1, 0.15) is 0 Å². The van der Waals surface area contributed by atoms with Crippen molar-refractivity contribution in [3.63, 3.8) is 0 Å².